The highest BCUT2D eigenvalue weighted by Crippen LogP contribution is 2.07. The molecule has 0 aromatic heterocycles. The van der Waals surface area contributed by atoms with Crippen molar-refractivity contribution < 1.29 is 22.6 Å². The molecule has 0 aliphatic rings. The van der Waals surface area contributed by atoms with E-state index >= 15 is 0 Å². The summed E-state index contributed by atoms with van der Waals surface area (Å²) in [5.74, 6) is 5.28. The summed E-state index contributed by atoms with van der Waals surface area (Å²) in [7, 11) is -3.87. The van der Waals surface area contributed by atoms with Gasteiger partial charge < -0.3 is 9.59 Å². The number of hydrogen-bond donors (Lipinski definition) is 2. The normalized spacial score (nSPS) is 12.0. The molecule has 6 heteroatoms. The molecule has 0 aromatic rings. The molecule has 0 spiro atoms. The number of hydrogen-bond acceptors (Lipinski definition) is 3. The fourth-order valence-corrected chi connectivity index (χ4v) is 2.20. The molecule has 0 aromatic carbocycles. The number of nitrogens with zero attached hydrogens (tertiary/aromatic N) is 1. The zero-order valence-electron chi connectivity index (χ0n) is 10.5. The zero-order chi connectivity index (χ0) is 13.4. The molecule has 2 N–H and O–H groups in total. The summed E-state index contributed by atoms with van der Waals surface area (Å²) >= 11 is 0. The number of quaternary nitrogens is 1. The van der Waals surface area contributed by atoms with Crippen molar-refractivity contribution in [2.45, 2.75) is 20.3 Å². The third-order valence-electron chi connectivity index (χ3n) is 2.99. The summed E-state index contributed by atoms with van der Waals surface area (Å²) in [4.78, 5) is 0. The molecule has 0 unspecified atom stereocenters. The molecule has 0 saturated carbocycles. The highest BCUT2D eigenvalue weighted by atomic mass is 32.2. The minimum absolute atomic E-state index is 0.154. The highest BCUT2D eigenvalue weighted by Gasteiger charge is 2.22. The second-order valence-electron chi connectivity index (χ2n) is 4.01. The molecule has 100 valence electrons. The van der Waals surface area contributed by atoms with E-state index in [2.05, 4.69) is 11.8 Å². The van der Waals surface area contributed by atoms with E-state index in [4.69, 9.17) is 9.66 Å². The summed E-state index contributed by atoms with van der Waals surface area (Å²) in [6, 6.07) is 0. The lowest BCUT2D eigenvalue weighted by Crippen LogP contribution is -2.49. The first-order valence-corrected chi connectivity index (χ1v) is 7.37. The van der Waals surface area contributed by atoms with Gasteiger partial charge in [-0.1, -0.05) is 5.92 Å². The Kier molecular flexibility index (Phi) is 7.39. The van der Waals surface area contributed by atoms with E-state index in [1.165, 1.54) is 0 Å². The van der Waals surface area contributed by atoms with Crippen molar-refractivity contribution >= 4 is 10.1 Å². The molecule has 0 rings (SSSR count). The Morgan fingerprint density at radius 2 is 1.76 bits per heavy atom. The van der Waals surface area contributed by atoms with Crippen LogP contribution in [0, 0.1) is 11.8 Å². The minimum Gasteiger partial charge on any atom is -0.384 e. The van der Waals surface area contributed by atoms with Gasteiger partial charge in [0.15, 0.2) is 0 Å². The fourth-order valence-electron chi connectivity index (χ4n) is 1.70. The maximum absolute atomic E-state index is 10.6. The van der Waals surface area contributed by atoms with Gasteiger partial charge in [-0.3, -0.25) is 4.55 Å². The Morgan fingerprint density at radius 3 is 2.18 bits per heavy atom. The van der Waals surface area contributed by atoms with Crippen LogP contribution in [0.5, 0.6) is 0 Å². The van der Waals surface area contributed by atoms with Crippen molar-refractivity contribution in [1.29, 1.82) is 0 Å². The van der Waals surface area contributed by atoms with Crippen molar-refractivity contribution in [3.8, 4) is 11.8 Å². The maximum atomic E-state index is 10.6. The molecular weight excluding hydrogens is 242 g/mol. The first-order chi connectivity index (χ1) is 7.89. The Balaban J connectivity index is 4.40. The lowest BCUT2D eigenvalue weighted by atomic mass is 10.3. The second kappa shape index (κ2) is 7.67. The summed E-state index contributed by atoms with van der Waals surface area (Å²) in [5, 5.41) is 8.60. The third-order valence-corrected chi connectivity index (χ3v) is 3.80. The van der Waals surface area contributed by atoms with Crippen LogP contribution < -0.4 is 0 Å². The van der Waals surface area contributed by atoms with E-state index in [9.17, 15) is 8.42 Å². The lowest BCUT2D eigenvalue weighted by molar-refractivity contribution is -0.918. The number of aliphatic hydroxyl groups is 1. The van der Waals surface area contributed by atoms with Crippen molar-refractivity contribution in [3.63, 3.8) is 0 Å². The predicted molar refractivity (Wildman–Crippen MR) is 67.0 cm³/mol. The van der Waals surface area contributed by atoms with Crippen LogP contribution in [0.25, 0.3) is 0 Å². The van der Waals surface area contributed by atoms with Gasteiger partial charge in [-0.25, -0.2) is 0 Å². The van der Waals surface area contributed by atoms with Crippen LogP contribution in [0.15, 0.2) is 0 Å². The minimum atomic E-state index is -3.87. The van der Waals surface area contributed by atoms with Crippen LogP contribution in [0.1, 0.15) is 20.3 Å². The van der Waals surface area contributed by atoms with Crippen LogP contribution in [-0.2, 0) is 10.1 Å². The predicted octanol–water partition coefficient (Wildman–Crippen LogP) is 0.117. The Bertz CT molecular complexity index is 363. The molecule has 0 bridgehead atoms. The molecule has 5 nitrogen and oxygen atoms in total. The molecule has 0 aliphatic carbocycles. The van der Waals surface area contributed by atoms with E-state index in [1.807, 2.05) is 13.8 Å². The first kappa shape index (κ1) is 16.4. The Hall–Kier alpha value is -0.610. The van der Waals surface area contributed by atoms with Crippen molar-refractivity contribution in [3.05, 3.63) is 0 Å². The molecule has 17 heavy (non-hydrogen) atoms. The van der Waals surface area contributed by atoms with Crippen LogP contribution >= 0.6 is 0 Å². The largest absolute Gasteiger partial charge is 0.384 e. The lowest BCUT2D eigenvalue weighted by Gasteiger charge is -2.35. The topological polar surface area (TPSA) is 74.6 Å². The molecule has 0 amide bonds. The van der Waals surface area contributed by atoms with E-state index in [1.54, 1.807) is 0 Å². The number of rotatable bonds is 7. The van der Waals surface area contributed by atoms with Crippen LogP contribution in [-0.4, -0.2) is 61.1 Å². The average molecular weight is 264 g/mol. The van der Waals surface area contributed by atoms with Gasteiger partial charge in [-0.15, -0.1) is 0 Å². The zero-order valence-corrected chi connectivity index (χ0v) is 11.3. The fraction of sp³-hybridized carbons (Fsp3) is 0.818. The summed E-state index contributed by atoms with van der Waals surface area (Å²) in [6.07, 6.45) is 0.418. The summed E-state index contributed by atoms with van der Waals surface area (Å²) in [6.45, 7) is 6.85. The van der Waals surface area contributed by atoms with E-state index in [-0.39, 0.29) is 12.4 Å². The molecule has 0 saturated heterocycles. The molecule has 0 heterocycles. The third kappa shape index (κ3) is 7.34. The standard InChI is InChI=1S/C11H21NO4S/c1-3-12(4-2,8-5-6-10-13)9-7-11-17(14,15)16/h13H,3-4,7-11H2,1-2H3/p+1. The van der Waals surface area contributed by atoms with Crippen LogP contribution in [0.3, 0.4) is 0 Å². The molecule has 0 fully saturated rings. The van der Waals surface area contributed by atoms with Gasteiger partial charge in [-0.05, 0) is 19.8 Å². The average Bonchev–Trinajstić information content (AvgIpc) is 2.26. The van der Waals surface area contributed by atoms with E-state index in [0.29, 0.717) is 24.0 Å². The highest BCUT2D eigenvalue weighted by molar-refractivity contribution is 7.85. The van der Waals surface area contributed by atoms with Crippen LogP contribution in [0.2, 0.25) is 0 Å². The molecular formula is C11H22NO4S+. The van der Waals surface area contributed by atoms with Gasteiger partial charge >= 0.3 is 0 Å². The first-order valence-electron chi connectivity index (χ1n) is 5.76. The quantitative estimate of drug-likeness (QED) is 0.389. The summed E-state index contributed by atoms with van der Waals surface area (Å²) < 4.78 is 30.6. The van der Waals surface area contributed by atoms with E-state index in [0.717, 1.165) is 13.1 Å². The van der Waals surface area contributed by atoms with E-state index < -0.39 is 10.1 Å². The SMILES string of the molecule is CC[N+](CC)(CC#CCO)CCCS(=O)(=O)O. The second-order valence-corrected chi connectivity index (χ2v) is 5.58. The Morgan fingerprint density at radius 1 is 1.18 bits per heavy atom. The van der Waals surface area contributed by atoms with Gasteiger partial charge in [0, 0.05) is 6.42 Å². The molecule has 0 radical (unpaired) electrons. The van der Waals surface area contributed by atoms with Gasteiger partial charge in [0.2, 0.25) is 0 Å². The molecule has 0 atom stereocenters. The Labute approximate surface area is 104 Å². The monoisotopic (exact) mass is 264 g/mol. The molecule has 0 aliphatic heterocycles. The van der Waals surface area contributed by atoms with Gasteiger partial charge in [0.05, 0.1) is 25.4 Å². The maximum Gasteiger partial charge on any atom is 0.265 e. The van der Waals surface area contributed by atoms with Crippen molar-refractivity contribution in [1.82, 2.24) is 0 Å². The van der Waals surface area contributed by atoms with Gasteiger partial charge in [0.25, 0.3) is 10.1 Å². The van der Waals surface area contributed by atoms with Crippen LogP contribution in [0.4, 0.5) is 0 Å². The smallest absolute Gasteiger partial charge is 0.265 e. The summed E-state index contributed by atoms with van der Waals surface area (Å²) in [5.41, 5.74) is 0. The van der Waals surface area contributed by atoms with Crippen molar-refractivity contribution in [2.24, 2.45) is 0 Å². The van der Waals surface area contributed by atoms with Crippen molar-refractivity contribution in [2.75, 3.05) is 38.5 Å². The van der Waals surface area contributed by atoms with Gasteiger partial charge in [-0.2, -0.15) is 8.42 Å². The van der Waals surface area contributed by atoms with Gasteiger partial charge in [0.1, 0.15) is 13.2 Å². The number of aliphatic hydroxyl groups excluding tert-OH is 1.